The molecule has 0 spiro atoms. The first-order valence-electron chi connectivity index (χ1n) is 4.56. The van der Waals surface area contributed by atoms with Crippen molar-refractivity contribution >= 4 is 49.2 Å². The van der Waals surface area contributed by atoms with E-state index in [1.165, 1.54) is 19.1 Å². The fourth-order valence-electron chi connectivity index (χ4n) is 1.09. The SMILES string of the molecule is C[C@H](O)CNS(=O)(=O)c1c(Cl)cc(Br)cc1Cl. The third-order valence-electron chi connectivity index (χ3n) is 1.80. The van der Waals surface area contributed by atoms with Crippen LogP contribution in [0, 0.1) is 0 Å². The first kappa shape index (κ1) is 15.2. The van der Waals surface area contributed by atoms with Crippen LogP contribution in [0.4, 0.5) is 0 Å². The van der Waals surface area contributed by atoms with Crippen LogP contribution in [0.15, 0.2) is 21.5 Å². The fraction of sp³-hybridized carbons (Fsp3) is 0.333. The highest BCUT2D eigenvalue weighted by molar-refractivity contribution is 9.10. The van der Waals surface area contributed by atoms with Crippen LogP contribution in [0.3, 0.4) is 0 Å². The molecule has 1 atom stereocenters. The summed E-state index contributed by atoms with van der Waals surface area (Å²) in [4.78, 5) is -0.190. The second-order valence-corrected chi connectivity index (χ2v) is 6.83. The third-order valence-corrected chi connectivity index (χ3v) is 4.60. The molecule has 0 unspecified atom stereocenters. The van der Waals surface area contributed by atoms with E-state index < -0.39 is 16.1 Å². The summed E-state index contributed by atoms with van der Waals surface area (Å²) in [6.07, 6.45) is -0.794. The normalized spacial score (nSPS) is 13.7. The van der Waals surface area contributed by atoms with E-state index in [9.17, 15) is 8.42 Å². The molecular weight excluding hydrogens is 353 g/mol. The zero-order chi connectivity index (χ0) is 13.2. The Morgan fingerprint density at radius 2 is 1.88 bits per heavy atom. The van der Waals surface area contributed by atoms with Crippen molar-refractivity contribution in [2.24, 2.45) is 0 Å². The first-order chi connectivity index (χ1) is 7.74. The molecule has 0 aliphatic carbocycles. The maximum absolute atomic E-state index is 11.9. The van der Waals surface area contributed by atoms with Gasteiger partial charge in [0.25, 0.3) is 0 Å². The minimum atomic E-state index is -3.83. The molecule has 0 aromatic heterocycles. The largest absolute Gasteiger partial charge is 0.392 e. The number of halogens is 3. The average molecular weight is 363 g/mol. The van der Waals surface area contributed by atoms with E-state index in [2.05, 4.69) is 20.7 Å². The van der Waals surface area contributed by atoms with Gasteiger partial charge < -0.3 is 5.11 Å². The van der Waals surface area contributed by atoms with E-state index in [-0.39, 0.29) is 21.5 Å². The van der Waals surface area contributed by atoms with Crippen LogP contribution in [-0.4, -0.2) is 26.2 Å². The molecule has 17 heavy (non-hydrogen) atoms. The standard InChI is InChI=1S/C9H10BrCl2NO3S/c1-5(14)4-13-17(15,16)9-7(11)2-6(10)3-8(9)12/h2-3,5,13-14H,4H2,1H3/t5-/m0/s1. The maximum Gasteiger partial charge on any atom is 0.243 e. The first-order valence-corrected chi connectivity index (χ1v) is 7.59. The summed E-state index contributed by atoms with van der Waals surface area (Å²) < 4.78 is 26.6. The van der Waals surface area contributed by atoms with E-state index >= 15 is 0 Å². The molecule has 2 N–H and O–H groups in total. The molecule has 0 fully saturated rings. The monoisotopic (exact) mass is 361 g/mol. The lowest BCUT2D eigenvalue weighted by molar-refractivity contribution is 0.198. The van der Waals surface area contributed by atoms with Crippen molar-refractivity contribution in [1.29, 1.82) is 0 Å². The number of benzene rings is 1. The molecule has 1 aromatic rings. The topological polar surface area (TPSA) is 66.4 Å². The van der Waals surface area contributed by atoms with Gasteiger partial charge in [0.15, 0.2) is 0 Å². The zero-order valence-electron chi connectivity index (χ0n) is 8.75. The molecular formula is C9H10BrCl2NO3S. The van der Waals surface area contributed by atoms with E-state index in [0.29, 0.717) is 4.47 Å². The summed E-state index contributed by atoms with van der Waals surface area (Å²) >= 11 is 14.8. The van der Waals surface area contributed by atoms with Gasteiger partial charge in [0, 0.05) is 11.0 Å². The summed E-state index contributed by atoms with van der Waals surface area (Å²) in [5.41, 5.74) is 0. The van der Waals surface area contributed by atoms with E-state index in [1.807, 2.05) is 0 Å². The number of nitrogens with one attached hydrogen (secondary N) is 1. The number of aliphatic hydroxyl groups excluding tert-OH is 1. The van der Waals surface area contributed by atoms with Crippen molar-refractivity contribution in [1.82, 2.24) is 4.72 Å². The van der Waals surface area contributed by atoms with Crippen LogP contribution in [-0.2, 0) is 10.0 Å². The smallest absolute Gasteiger partial charge is 0.243 e. The molecule has 1 aromatic carbocycles. The lowest BCUT2D eigenvalue weighted by atomic mass is 10.4. The Hall–Kier alpha value is 0.150. The minimum Gasteiger partial charge on any atom is -0.392 e. The Bertz CT molecular complexity index is 496. The van der Waals surface area contributed by atoms with Crippen LogP contribution < -0.4 is 4.72 Å². The van der Waals surface area contributed by atoms with Gasteiger partial charge in [-0.25, -0.2) is 13.1 Å². The van der Waals surface area contributed by atoms with Gasteiger partial charge in [0.1, 0.15) is 4.90 Å². The molecule has 0 bridgehead atoms. The summed E-state index contributed by atoms with van der Waals surface area (Å²) in [5.74, 6) is 0. The molecule has 0 aliphatic rings. The highest BCUT2D eigenvalue weighted by atomic mass is 79.9. The van der Waals surface area contributed by atoms with E-state index in [1.54, 1.807) is 0 Å². The molecule has 1 rings (SSSR count). The Labute approximate surface area is 118 Å². The van der Waals surface area contributed by atoms with Gasteiger partial charge in [-0.1, -0.05) is 39.1 Å². The van der Waals surface area contributed by atoms with Crippen LogP contribution >= 0.6 is 39.1 Å². The second-order valence-electron chi connectivity index (χ2n) is 3.40. The molecule has 4 nitrogen and oxygen atoms in total. The second kappa shape index (κ2) is 5.86. The molecule has 0 radical (unpaired) electrons. The Kier molecular flexibility index (Phi) is 5.24. The molecule has 0 saturated heterocycles. The molecule has 96 valence electrons. The summed E-state index contributed by atoms with van der Waals surface area (Å²) in [6.45, 7) is 1.36. The van der Waals surface area contributed by atoms with Gasteiger partial charge in [-0.15, -0.1) is 0 Å². The number of hydrogen-bond donors (Lipinski definition) is 2. The van der Waals surface area contributed by atoms with E-state index in [0.717, 1.165) is 0 Å². The molecule has 0 heterocycles. The van der Waals surface area contributed by atoms with Crippen LogP contribution in [0.2, 0.25) is 10.0 Å². The van der Waals surface area contributed by atoms with Crippen molar-refractivity contribution < 1.29 is 13.5 Å². The summed E-state index contributed by atoms with van der Waals surface area (Å²) in [6, 6.07) is 2.87. The van der Waals surface area contributed by atoms with Gasteiger partial charge in [-0.2, -0.15) is 0 Å². The Morgan fingerprint density at radius 1 is 1.41 bits per heavy atom. The maximum atomic E-state index is 11.9. The van der Waals surface area contributed by atoms with Gasteiger partial charge in [0.2, 0.25) is 10.0 Å². The number of aliphatic hydroxyl groups is 1. The number of hydrogen-bond acceptors (Lipinski definition) is 3. The molecule has 8 heteroatoms. The Balaban J connectivity index is 3.16. The summed E-state index contributed by atoms with van der Waals surface area (Å²) in [7, 11) is -3.83. The highest BCUT2D eigenvalue weighted by Gasteiger charge is 2.22. The third kappa shape index (κ3) is 4.08. The van der Waals surface area contributed by atoms with Crippen molar-refractivity contribution in [3.05, 3.63) is 26.7 Å². The Morgan fingerprint density at radius 3 is 2.29 bits per heavy atom. The highest BCUT2D eigenvalue weighted by Crippen LogP contribution is 2.32. The van der Waals surface area contributed by atoms with Crippen molar-refractivity contribution in [3.63, 3.8) is 0 Å². The van der Waals surface area contributed by atoms with Crippen LogP contribution in [0.5, 0.6) is 0 Å². The molecule has 0 saturated carbocycles. The van der Waals surface area contributed by atoms with Gasteiger partial charge >= 0.3 is 0 Å². The summed E-state index contributed by atoms with van der Waals surface area (Å²) in [5, 5.41) is 9.08. The molecule has 0 amide bonds. The number of rotatable bonds is 4. The molecule has 0 aliphatic heterocycles. The number of sulfonamides is 1. The van der Waals surface area contributed by atoms with Gasteiger partial charge in [-0.3, -0.25) is 0 Å². The fourth-order valence-corrected chi connectivity index (χ4v) is 4.14. The predicted octanol–water partition coefficient (Wildman–Crippen LogP) is 2.42. The average Bonchev–Trinajstić information content (AvgIpc) is 2.12. The minimum absolute atomic E-state index is 0.0162. The van der Waals surface area contributed by atoms with E-state index in [4.69, 9.17) is 28.3 Å². The van der Waals surface area contributed by atoms with Crippen molar-refractivity contribution in [2.75, 3.05) is 6.54 Å². The predicted molar refractivity (Wildman–Crippen MR) is 71.0 cm³/mol. The zero-order valence-corrected chi connectivity index (χ0v) is 12.7. The quantitative estimate of drug-likeness (QED) is 0.864. The van der Waals surface area contributed by atoms with Crippen molar-refractivity contribution in [2.45, 2.75) is 17.9 Å². The van der Waals surface area contributed by atoms with Gasteiger partial charge in [0.05, 0.1) is 16.1 Å². The van der Waals surface area contributed by atoms with Crippen LogP contribution in [0.25, 0.3) is 0 Å². The lowest BCUT2D eigenvalue weighted by Crippen LogP contribution is -2.31. The van der Waals surface area contributed by atoms with Gasteiger partial charge in [-0.05, 0) is 19.1 Å². The van der Waals surface area contributed by atoms with Crippen LogP contribution in [0.1, 0.15) is 6.92 Å². The van der Waals surface area contributed by atoms with Crippen molar-refractivity contribution in [3.8, 4) is 0 Å². The lowest BCUT2D eigenvalue weighted by Gasteiger charge is -2.11.